The van der Waals surface area contributed by atoms with Crippen molar-refractivity contribution in [3.05, 3.63) is 58.1 Å². The Morgan fingerprint density at radius 1 is 1.05 bits per heavy atom. The third-order valence-electron chi connectivity index (χ3n) is 2.53. The molecule has 3 nitrogen and oxygen atoms in total. The van der Waals surface area contributed by atoms with Crippen molar-refractivity contribution in [3.8, 4) is 5.75 Å². The lowest BCUT2D eigenvalue weighted by molar-refractivity contribution is 0.102. The number of ether oxygens (including phenoxy) is 1. The normalized spacial score (nSPS) is 10.1. The fourth-order valence-corrected chi connectivity index (χ4v) is 1.82. The van der Waals surface area contributed by atoms with Gasteiger partial charge in [-0.3, -0.25) is 4.79 Å². The van der Waals surface area contributed by atoms with E-state index in [9.17, 15) is 4.79 Å². The van der Waals surface area contributed by atoms with Gasteiger partial charge in [-0.15, -0.1) is 0 Å². The van der Waals surface area contributed by atoms with Crippen LogP contribution in [0.2, 0.25) is 10.0 Å². The molecule has 0 atom stereocenters. The summed E-state index contributed by atoms with van der Waals surface area (Å²) in [5.74, 6) is 0.479. The second kappa shape index (κ2) is 5.95. The summed E-state index contributed by atoms with van der Waals surface area (Å²) in [6, 6.07) is 11.7. The molecule has 0 aliphatic carbocycles. The third kappa shape index (κ3) is 3.40. The molecule has 1 N–H and O–H groups in total. The zero-order valence-corrected chi connectivity index (χ0v) is 11.6. The molecule has 0 aromatic heterocycles. The van der Waals surface area contributed by atoms with Gasteiger partial charge in [-0.05, 0) is 42.5 Å². The van der Waals surface area contributed by atoms with E-state index in [-0.39, 0.29) is 5.91 Å². The maximum atomic E-state index is 12.0. The van der Waals surface area contributed by atoms with Crippen molar-refractivity contribution < 1.29 is 9.53 Å². The molecule has 0 radical (unpaired) electrons. The van der Waals surface area contributed by atoms with Gasteiger partial charge in [0.1, 0.15) is 5.75 Å². The van der Waals surface area contributed by atoms with Crippen LogP contribution in [0, 0.1) is 0 Å². The maximum Gasteiger partial charge on any atom is 0.255 e. The lowest BCUT2D eigenvalue weighted by Gasteiger charge is -2.07. The minimum atomic E-state index is -0.221. The van der Waals surface area contributed by atoms with E-state index in [2.05, 4.69) is 5.32 Å². The van der Waals surface area contributed by atoms with Gasteiger partial charge < -0.3 is 10.1 Å². The van der Waals surface area contributed by atoms with Gasteiger partial charge in [0.15, 0.2) is 0 Å². The van der Waals surface area contributed by atoms with Crippen LogP contribution in [0.1, 0.15) is 10.4 Å². The van der Waals surface area contributed by atoms with E-state index in [0.29, 0.717) is 27.0 Å². The van der Waals surface area contributed by atoms with Crippen LogP contribution in [-0.2, 0) is 0 Å². The van der Waals surface area contributed by atoms with Crippen LogP contribution in [-0.4, -0.2) is 13.0 Å². The number of anilines is 1. The highest BCUT2D eigenvalue weighted by molar-refractivity contribution is 6.42. The fraction of sp³-hybridized carbons (Fsp3) is 0.0714. The summed E-state index contributed by atoms with van der Waals surface area (Å²) in [4.78, 5) is 12.0. The molecule has 0 spiro atoms. The SMILES string of the molecule is COc1ccc(C(=O)Nc2ccc(Cl)c(Cl)c2)cc1. The molecular formula is C14H11Cl2NO2. The van der Waals surface area contributed by atoms with Crippen molar-refractivity contribution in [2.24, 2.45) is 0 Å². The molecule has 0 aliphatic heterocycles. The molecule has 2 aromatic rings. The molecule has 0 aliphatic rings. The standard InChI is InChI=1S/C14H11Cl2NO2/c1-19-11-5-2-9(3-6-11)14(18)17-10-4-7-12(15)13(16)8-10/h2-8H,1H3,(H,17,18). The summed E-state index contributed by atoms with van der Waals surface area (Å²) in [7, 11) is 1.57. The Bertz CT molecular complexity index is 597. The molecule has 19 heavy (non-hydrogen) atoms. The van der Waals surface area contributed by atoms with Crippen molar-refractivity contribution >= 4 is 34.8 Å². The van der Waals surface area contributed by atoms with Crippen LogP contribution in [0.4, 0.5) is 5.69 Å². The fourth-order valence-electron chi connectivity index (χ4n) is 1.52. The first-order valence-electron chi connectivity index (χ1n) is 5.50. The van der Waals surface area contributed by atoms with E-state index in [1.165, 1.54) is 0 Å². The summed E-state index contributed by atoms with van der Waals surface area (Å²) in [5, 5.41) is 3.59. The minimum Gasteiger partial charge on any atom is -0.497 e. The van der Waals surface area contributed by atoms with Crippen LogP contribution in [0.5, 0.6) is 5.75 Å². The Hall–Kier alpha value is -1.71. The van der Waals surface area contributed by atoms with Crippen molar-refractivity contribution in [3.63, 3.8) is 0 Å². The number of hydrogen-bond donors (Lipinski definition) is 1. The first kappa shape index (κ1) is 13.7. The van der Waals surface area contributed by atoms with Gasteiger partial charge in [0.25, 0.3) is 5.91 Å². The third-order valence-corrected chi connectivity index (χ3v) is 3.27. The van der Waals surface area contributed by atoms with Crippen molar-refractivity contribution in [1.82, 2.24) is 0 Å². The van der Waals surface area contributed by atoms with Crippen molar-refractivity contribution in [2.45, 2.75) is 0 Å². The highest BCUT2D eigenvalue weighted by Crippen LogP contribution is 2.25. The molecule has 98 valence electrons. The second-order valence-corrected chi connectivity index (χ2v) is 4.63. The first-order chi connectivity index (χ1) is 9.10. The Balaban J connectivity index is 2.13. The zero-order chi connectivity index (χ0) is 13.8. The lowest BCUT2D eigenvalue weighted by atomic mass is 10.2. The number of methoxy groups -OCH3 is 1. The molecule has 1 amide bonds. The number of benzene rings is 2. The monoisotopic (exact) mass is 295 g/mol. The summed E-state index contributed by atoms with van der Waals surface area (Å²) in [5.41, 5.74) is 1.13. The van der Waals surface area contributed by atoms with Gasteiger partial charge in [-0.1, -0.05) is 23.2 Å². The molecule has 0 fully saturated rings. The maximum absolute atomic E-state index is 12.0. The summed E-state index contributed by atoms with van der Waals surface area (Å²) < 4.78 is 5.03. The van der Waals surface area contributed by atoms with Crippen LogP contribution in [0.15, 0.2) is 42.5 Å². The van der Waals surface area contributed by atoms with Gasteiger partial charge in [0.2, 0.25) is 0 Å². The number of carbonyl (C=O) groups excluding carboxylic acids is 1. The lowest BCUT2D eigenvalue weighted by Crippen LogP contribution is -2.11. The number of nitrogens with one attached hydrogen (secondary N) is 1. The number of halogens is 2. The number of amides is 1. The minimum absolute atomic E-state index is 0.221. The van der Waals surface area contributed by atoms with Crippen LogP contribution >= 0.6 is 23.2 Å². The van der Waals surface area contributed by atoms with E-state index in [4.69, 9.17) is 27.9 Å². The Kier molecular flexibility index (Phi) is 4.30. The highest BCUT2D eigenvalue weighted by Gasteiger charge is 2.07. The largest absolute Gasteiger partial charge is 0.497 e. The van der Waals surface area contributed by atoms with Crippen molar-refractivity contribution in [1.29, 1.82) is 0 Å². The molecule has 0 saturated carbocycles. The smallest absolute Gasteiger partial charge is 0.255 e. The summed E-state index contributed by atoms with van der Waals surface area (Å²) in [6.45, 7) is 0. The van der Waals surface area contributed by atoms with Gasteiger partial charge in [0, 0.05) is 11.3 Å². The molecule has 0 saturated heterocycles. The molecule has 2 aromatic carbocycles. The summed E-state index contributed by atoms with van der Waals surface area (Å²) in [6.07, 6.45) is 0. The molecule has 0 bridgehead atoms. The van der Waals surface area contributed by atoms with Crippen molar-refractivity contribution in [2.75, 3.05) is 12.4 Å². The highest BCUT2D eigenvalue weighted by atomic mass is 35.5. The Morgan fingerprint density at radius 3 is 2.32 bits per heavy atom. The zero-order valence-electron chi connectivity index (χ0n) is 10.1. The predicted octanol–water partition coefficient (Wildman–Crippen LogP) is 4.25. The Morgan fingerprint density at radius 2 is 1.74 bits per heavy atom. The number of hydrogen-bond acceptors (Lipinski definition) is 2. The van der Waals surface area contributed by atoms with Gasteiger partial charge in [0.05, 0.1) is 17.2 Å². The molecule has 0 heterocycles. The molecule has 0 unspecified atom stereocenters. The van der Waals surface area contributed by atoms with E-state index in [1.54, 1.807) is 49.6 Å². The second-order valence-electron chi connectivity index (χ2n) is 3.81. The number of rotatable bonds is 3. The first-order valence-corrected chi connectivity index (χ1v) is 6.26. The van der Waals surface area contributed by atoms with Crippen LogP contribution < -0.4 is 10.1 Å². The Labute approximate surface area is 121 Å². The average Bonchev–Trinajstić information content (AvgIpc) is 2.43. The average molecular weight is 296 g/mol. The van der Waals surface area contributed by atoms with Crippen LogP contribution in [0.3, 0.4) is 0 Å². The van der Waals surface area contributed by atoms with Gasteiger partial charge >= 0.3 is 0 Å². The van der Waals surface area contributed by atoms with Gasteiger partial charge in [-0.25, -0.2) is 0 Å². The predicted molar refractivity (Wildman–Crippen MR) is 77.4 cm³/mol. The van der Waals surface area contributed by atoms with E-state index < -0.39 is 0 Å². The topological polar surface area (TPSA) is 38.3 Å². The van der Waals surface area contributed by atoms with Crippen LogP contribution in [0.25, 0.3) is 0 Å². The quantitative estimate of drug-likeness (QED) is 0.919. The number of carbonyl (C=O) groups is 1. The molecule has 5 heteroatoms. The van der Waals surface area contributed by atoms with Gasteiger partial charge in [-0.2, -0.15) is 0 Å². The van der Waals surface area contributed by atoms with E-state index in [1.807, 2.05) is 0 Å². The molecular weight excluding hydrogens is 285 g/mol. The molecule has 2 rings (SSSR count). The van der Waals surface area contributed by atoms with E-state index in [0.717, 1.165) is 0 Å². The van der Waals surface area contributed by atoms with E-state index >= 15 is 0 Å². The summed E-state index contributed by atoms with van der Waals surface area (Å²) >= 11 is 11.7.